The Balaban J connectivity index is 2.18. The normalized spacial score (nSPS) is 17.5. The molecular weight excluding hydrogens is 156 g/mol. The molecule has 0 spiro atoms. The van der Waals surface area contributed by atoms with E-state index < -0.39 is 0 Å². The van der Waals surface area contributed by atoms with E-state index in [1.54, 1.807) is 5.57 Å². The summed E-state index contributed by atoms with van der Waals surface area (Å²) in [5.74, 6) is 0. The fourth-order valence-electron chi connectivity index (χ4n) is 1.68. The molecule has 13 heavy (non-hydrogen) atoms. The van der Waals surface area contributed by atoms with E-state index in [0.717, 1.165) is 5.57 Å². The highest BCUT2D eigenvalue weighted by Gasteiger charge is 2.01. The molecule has 0 heteroatoms. The Kier molecular flexibility index (Phi) is 4.59. The van der Waals surface area contributed by atoms with E-state index >= 15 is 0 Å². The van der Waals surface area contributed by atoms with Crippen LogP contribution in [0.15, 0.2) is 36.0 Å². The molecule has 1 aliphatic carbocycles. The van der Waals surface area contributed by atoms with Crippen molar-refractivity contribution in [2.24, 2.45) is 0 Å². The maximum Gasteiger partial charge on any atom is -0.0285 e. The lowest BCUT2D eigenvalue weighted by molar-refractivity contribution is 0.676. The highest BCUT2D eigenvalue weighted by molar-refractivity contribution is 5.12. The van der Waals surface area contributed by atoms with Crippen LogP contribution in [-0.4, -0.2) is 0 Å². The Morgan fingerprint density at radius 1 is 1.54 bits per heavy atom. The Labute approximate surface area is 82.0 Å². The van der Waals surface area contributed by atoms with Gasteiger partial charge in [0, 0.05) is 0 Å². The van der Waals surface area contributed by atoms with Crippen molar-refractivity contribution >= 4 is 0 Å². The van der Waals surface area contributed by atoms with Gasteiger partial charge in [0.25, 0.3) is 0 Å². The second kappa shape index (κ2) is 5.80. The first-order valence-electron chi connectivity index (χ1n) is 5.29. The van der Waals surface area contributed by atoms with E-state index in [2.05, 4.69) is 24.8 Å². The van der Waals surface area contributed by atoms with Gasteiger partial charge in [-0.3, -0.25) is 0 Å². The van der Waals surface area contributed by atoms with E-state index in [4.69, 9.17) is 0 Å². The SMILES string of the molecule is C=C(C)/C=C/CCC1=CCCCC1. The lowest BCUT2D eigenvalue weighted by Crippen LogP contribution is -1.90. The van der Waals surface area contributed by atoms with Crippen LogP contribution < -0.4 is 0 Å². The van der Waals surface area contributed by atoms with E-state index in [0.29, 0.717) is 0 Å². The summed E-state index contributed by atoms with van der Waals surface area (Å²) < 4.78 is 0. The molecule has 0 saturated heterocycles. The molecule has 0 unspecified atom stereocenters. The molecule has 0 nitrogen and oxygen atoms in total. The third kappa shape index (κ3) is 4.72. The monoisotopic (exact) mass is 176 g/mol. The summed E-state index contributed by atoms with van der Waals surface area (Å²) in [5, 5.41) is 0. The summed E-state index contributed by atoms with van der Waals surface area (Å²) >= 11 is 0. The fraction of sp³-hybridized carbons (Fsp3) is 0.538. The molecule has 0 fully saturated rings. The van der Waals surface area contributed by atoms with E-state index in [-0.39, 0.29) is 0 Å². The van der Waals surface area contributed by atoms with Gasteiger partial charge >= 0.3 is 0 Å². The summed E-state index contributed by atoms with van der Waals surface area (Å²) in [7, 11) is 0. The zero-order valence-electron chi connectivity index (χ0n) is 8.68. The van der Waals surface area contributed by atoms with Crippen LogP contribution in [0.4, 0.5) is 0 Å². The van der Waals surface area contributed by atoms with Crippen molar-refractivity contribution in [2.75, 3.05) is 0 Å². The van der Waals surface area contributed by atoms with Gasteiger partial charge in [0.05, 0.1) is 0 Å². The van der Waals surface area contributed by atoms with Crippen LogP contribution in [-0.2, 0) is 0 Å². The molecule has 1 aliphatic rings. The van der Waals surface area contributed by atoms with Gasteiger partial charge in [-0.15, -0.1) is 0 Å². The standard InChI is InChI=1S/C13H20/c1-12(2)8-6-7-11-13-9-4-3-5-10-13/h6,8-9H,1,3-5,7,10-11H2,2H3/b8-6+. The number of hydrogen-bond acceptors (Lipinski definition) is 0. The molecule has 0 atom stereocenters. The minimum Gasteiger partial charge on any atom is -0.0961 e. The Morgan fingerprint density at radius 2 is 2.38 bits per heavy atom. The third-order valence-electron chi connectivity index (χ3n) is 2.42. The molecule has 0 N–H and O–H groups in total. The first-order chi connectivity index (χ1) is 6.29. The van der Waals surface area contributed by atoms with Crippen LogP contribution >= 0.6 is 0 Å². The summed E-state index contributed by atoms with van der Waals surface area (Å²) in [6.07, 6.45) is 14.6. The summed E-state index contributed by atoms with van der Waals surface area (Å²) in [6, 6.07) is 0. The summed E-state index contributed by atoms with van der Waals surface area (Å²) in [4.78, 5) is 0. The van der Waals surface area contributed by atoms with Crippen LogP contribution in [0, 0.1) is 0 Å². The smallest absolute Gasteiger partial charge is 0.0285 e. The molecule has 0 radical (unpaired) electrons. The third-order valence-corrected chi connectivity index (χ3v) is 2.42. The van der Waals surface area contributed by atoms with Gasteiger partial charge in [-0.05, 0) is 45.4 Å². The van der Waals surface area contributed by atoms with Crippen LogP contribution in [0.25, 0.3) is 0 Å². The van der Waals surface area contributed by atoms with E-state index in [9.17, 15) is 0 Å². The molecule has 0 aromatic rings. The Morgan fingerprint density at radius 3 is 3.00 bits per heavy atom. The average molecular weight is 176 g/mol. The Hall–Kier alpha value is -0.780. The molecule has 0 bridgehead atoms. The lowest BCUT2D eigenvalue weighted by Gasteiger charge is -2.10. The van der Waals surface area contributed by atoms with Crippen molar-refractivity contribution in [3.8, 4) is 0 Å². The zero-order valence-corrected chi connectivity index (χ0v) is 8.68. The van der Waals surface area contributed by atoms with Crippen LogP contribution in [0.2, 0.25) is 0 Å². The minimum atomic E-state index is 1.15. The van der Waals surface area contributed by atoms with Crippen molar-refractivity contribution in [1.82, 2.24) is 0 Å². The maximum absolute atomic E-state index is 3.84. The molecule has 0 aromatic heterocycles. The van der Waals surface area contributed by atoms with Crippen molar-refractivity contribution < 1.29 is 0 Å². The highest BCUT2D eigenvalue weighted by Crippen LogP contribution is 2.21. The second-order valence-electron chi connectivity index (χ2n) is 3.90. The van der Waals surface area contributed by atoms with Crippen molar-refractivity contribution in [1.29, 1.82) is 0 Å². The molecule has 1 rings (SSSR count). The first-order valence-corrected chi connectivity index (χ1v) is 5.29. The topological polar surface area (TPSA) is 0 Å². The van der Waals surface area contributed by atoms with Crippen LogP contribution in [0.1, 0.15) is 45.4 Å². The molecule has 0 aliphatic heterocycles. The van der Waals surface area contributed by atoms with Crippen LogP contribution in [0.3, 0.4) is 0 Å². The maximum atomic E-state index is 3.84. The minimum absolute atomic E-state index is 1.15. The first kappa shape index (κ1) is 10.3. The highest BCUT2D eigenvalue weighted by atomic mass is 14.1. The fourth-order valence-corrected chi connectivity index (χ4v) is 1.68. The molecule has 72 valence electrons. The van der Waals surface area contributed by atoms with Crippen LogP contribution in [0.5, 0.6) is 0 Å². The average Bonchev–Trinajstić information content (AvgIpc) is 2.14. The predicted molar refractivity (Wildman–Crippen MR) is 59.7 cm³/mol. The van der Waals surface area contributed by atoms with E-state index in [1.807, 2.05) is 6.92 Å². The molecular formula is C13H20. The number of rotatable bonds is 4. The van der Waals surface area contributed by atoms with Gasteiger partial charge in [0.15, 0.2) is 0 Å². The quantitative estimate of drug-likeness (QED) is 0.440. The summed E-state index contributed by atoms with van der Waals surface area (Å²) in [5.41, 5.74) is 2.82. The molecule has 0 heterocycles. The van der Waals surface area contributed by atoms with E-state index in [1.165, 1.54) is 38.5 Å². The van der Waals surface area contributed by atoms with Crippen molar-refractivity contribution in [2.45, 2.75) is 45.4 Å². The molecule has 0 amide bonds. The largest absolute Gasteiger partial charge is 0.0961 e. The number of allylic oxidation sites excluding steroid dienone is 5. The van der Waals surface area contributed by atoms with Gasteiger partial charge in [-0.1, -0.05) is 36.0 Å². The Bertz CT molecular complexity index is 218. The summed E-state index contributed by atoms with van der Waals surface area (Å²) in [6.45, 7) is 5.88. The van der Waals surface area contributed by atoms with Gasteiger partial charge in [0.1, 0.15) is 0 Å². The van der Waals surface area contributed by atoms with Gasteiger partial charge < -0.3 is 0 Å². The van der Waals surface area contributed by atoms with Crippen molar-refractivity contribution in [3.05, 3.63) is 36.0 Å². The second-order valence-corrected chi connectivity index (χ2v) is 3.90. The molecule has 0 saturated carbocycles. The number of hydrogen-bond donors (Lipinski definition) is 0. The molecule has 0 aromatic carbocycles. The van der Waals surface area contributed by atoms with Gasteiger partial charge in [0.2, 0.25) is 0 Å². The van der Waals surface area contributed by atoms with Crippen molar-refractivity contribution in [3.63, 3.8) is 0 Å². The lowest BCUT2D eigenvalue weighted by atomic mass is 9.96. The van der Waals surface area contributed by atoms with Gasteiger partial charge in [-0.2, -0.15) is 0 Å². The predicted octanol–water partition coefficient (Wildman–Crippen LogP) is 4.40. The zero-order chi connectivity index (χ0) is 9.52. The van der Waals surface area contributed by atoms with Gasteiger partial charge in [-0.25, -0.2) is 0 Å².